The smallest absolute Gasteiger partial charge is 0.0600 e. The van der Waals surface area contributed by atoms with E-state index in [1.165, 1.54) is 16.7 Å². The highest BCUT2D eigenvalue weighted by Crippen LogP contribution is 2.27. The van der Waals surface area contributed by atoms with Crippen molar-refractivity contribution in [1.82, 2.24) is 10.2 Å². The van der Waals surface area contributed by atoms with E-state index in [2.05, 4.69) is 59.7 Å². The summed E-state index contributed by atoms with van der Waals surface area (Å²) in [6.45, 7) is 4.04. The zero-order valence-electron chi connectivity index (χ0n) is 15.5. The van der Waals surface area contributed by atoms with E-state index in [1.54, 1.807) is 14.2 Å². The van der Waals surface area contributed by atoms with Crippen LogP contribution in [0.1, 0.15) is 22.7 Å². The minimum atomic E-state index is 0.209. The highest BCUT2D eigenvalue weighted by atomic mass is 16.5. The largest absolute Gasteiger partial charge is 0.383 e. The number of hydrogen-bond donors (Lipinski definition) is 1. The molecule has 0 amide bonds. The summed E-state index contributed by atoms with van der Waals surface area (Å²) in [6, 6.07) is 20.4. The van der Waals surface area contributed by atoms with Gasteiger partial charge in [0, 0.05) is 33.9 Å². The van der Waals surface area contributed by atoms with Crippen molar-refractivity contribution in [3.05, 3.63) is 71.3 Å². The van der Waals surface area contributed by atoms with E-state index in [0.29, 0.717) is 6.61 Å². The molecule has 2 aromatic rings. The molecule has 0 saturated heterocycles. The third kappa shape index (κ3) is 6.25. The summed E-state index contributed by atoms with van der Waals surface area (Å²) < 4.78 is 10.3. The molecule has 0 aliphatic rings. The standard InChI is InChI=1S/C21H29N2O2/c1-23(14-16-25-3)21(19-7-5-4-6-8-19)20-11-9-18(10-12-20)17-22-13-15-24-2/h5-12,21-22H,13-17H2,1-3H3. The average molecular weight is 341 g/mol. The monoisotopic (exact) mass is 341 g/mol. The molecule has 1 radical (unpaired) electrons. The Morgan fingerprint density at radius 1 is 0.960 bits per heavy atom. The second-order valence-electron chi connectivity index (χ2n) is 6.12. The summed E-state index contributed by atoms with van der Waals surface area (Å²) >= 11 is 0. The number of likely N-dealkylation sites (N-methyl/N-ethyl adjacent to an activating group) is 1. The molecule has 0 saturated carbocycles. The highest BCUT2D eigenvalue weighted by molar-refractivity contribution is 5.33. The van der Waals surface area contributed by atoms with Crippen LogP contribution >= 0.6 is 0 Å². The number of benzene rings is 2. The van der Waals surface area contributed by atoms with Gasteiger partial charge in [0.2, 0.25) is 0 Å². The maximum Gasteiger partial charge on any atom is 0.0600 e. The third-order valence-corrected chi connectivity index (χ3v) is 4.26. The van der Waals surface area contributed by atoms with Gasteiger partial charge in [0.1, 0.15) is 0 Å². The first-order valence-corrected chi connectivity index (χ1v) is 8.70. The maximum atomic E-state index is 5.25. The molecule has 0 heterocycles. The van der Waals surface area contributed by atoms with Crippen molar-refractivity contribution < 1.29 is 9.47 Å². The second-order valence-corrected chi connectivity index (χ2v) is 6.12. The molecule has 1 atom stereocenters. The first-order valence-electron chi connectivity index (χ1n) is 8.70. The SMILES string of the molecule is COCCNCc1ccc(C(c2cc[c]cc2)N(C)CCOC)cc1. The number of rotatable bonds is 11. The summed E-state index contributed by atoms with van der Waals surface area (Å²) in [7, 11) is 5.60. The lowest BCUT2D eigenvalue weighted by Gasteiger charge is -2.29. The average Bonchev–Trinajstić information content (AvgIpc) is 2.66. The van der Waals surface area contributed by atoms with Crippen molar-refractivity contribution >= 4 is 0 Å². The van der Waals surface area contributed by atoms with E-state index in [1.807, 2.05) is 12.1 Å². The van der Waals surface area contributed by atoms with Gasteiger partial charge in [-0.2, -0.15) is 0 Å². The Hall–Kier alpha value is -1.72. The van der Waals surface area contributed by atoms with Crippen molar-refractivity contribution in [2.45, 2.75) is 12.6 Å². The number of methoxy groups -OCH3 is 2. The molecule has 0 fully saturated rings. The van der Waals surface area contributed by atoms with Crippen LogP contribution < -0.4 is 5.32 Å². The van der Waals surface area contributed by atoms with E-state index in [4.69, 9.17) is 9.47 Å². The number of nitrogens with one attached hydrogen (secondary N) is 1. The van der Waals surface area contributed by atoms with Crippen LogP contribution in [0, 0.1) is 6.07 Å². The van der Waals surface area contributed by atoms with Crippen molar-refractivity contribution in [3.63, 3.8) is 0 Å². The Kier molecular flexibility index (Phi) is 8.63. The maximum absolute atomic E-state index is 5.25. The minimum absolute atomic E-state index is 0.209. The topological polar surface area (TPSA) is 33.7 Å². The Morgan fingerprint density at radius 2 is 1.60 bits per heavy atom. The van der Waals surface area contributed by atoms with Gasteiger partial charge in [0.05, 0.1) is 19.3 Å². The first-order chi connectivity index (χ1) is 12.3. The molecule has 4 nitrogen and oxygen atoms in total. The zero-order chi connectivity index (χ0) is 17.9. The lowest BCUT2D eigenvalue weighted by Crippen LogP contribution is -2.29. The Balaban J connectivity index is 2.11. The van der Waals surface area contributed by atoms with Gasteiger partial charge in [0.15, 0.2) is 0 Å². The Bertz CT molecular complexity index is 587. The van der Waals surface area contributed by atoms with E-state index >= 15 is 0 Å². The lowest BCUT2D eigenvalue weighted by atomic mass is 9.96. The fourth-order valence-electron chi connectivity index (χ4n) is 2.87. The first kappa shape index (κ1) is 19.6. The van der Waals surface area contributed by atoms with Crippen LogP contribution in [0.5, 0.6) is 0 Å². The van der Waals surface area contributed by atoms with Crippen LogP contribution in [-0.2, 0) is 16.0 Å². The van der Waals surface area contributed by atoms with Gasteiger partial charge < -0.3 is 14.8 Å². The number of ether oxygens (including phenoxy) is 2. The normalized spacial score (nSPS) is 12.5. The molecular weight excluding hydrogens is 312 g/mol. The van der Waals surface area contributed by atoms with E-state index in [0.717, 1.165) is 26.2 Å². The molecule has 25 heavy (non-hydrogen) atoms. The molecule has 0 aliphatic heterocycles. The van der Waals surface area contributed by atoms with Crippen LogP contribution in [0.15, 0.2) is 48.5 Å². The summed E-state index contributed by atoms with van der Waals surface area (Å²) in [5.74, 6) is 0. The van der Waals surface area contributed by atoms with Gasteiger partial charge in [0.25, 0.3) is 0 Å². The van der Waals surface area contributed by atoms with Gasteiger partial charge in [-0.25, -0.2) is 0 Å². The van der Waals surface area contributed by atoms with Gasteiger partial charge in [-0.1, -0.05) is 48.5 Å². The van der Waals surface area contributed by atoms with Crippen molar-refractivity contribution in [2.75, 3.05) is 47.6 Å². The van der Waals surface area contributed by atoms with Gasteiger partial charge in [-0.3, -0.25) is 4.90 Å². The quantitative estimate of drug-likeness (QED) is 0.637. The van der Waals surface area contributed by atoms with E-state index in [-0.39, 0.29) is 6.04 Å². The molecule has 2 rings (SSSR count). The summed E-state index contributed by atoms with van der Waals surface area (Å²) in [5, 5.41) is 3.38. The molecule has 1 unspecified atom stereocenters. The fraction of sp³-hybridized carbons (Fsp3) is 0.429. The van der Waals surface area contributed by atoms with Crippen LogP contribution in [0.4, 0.5) is 0 Å². The molecule has 0 bridgehead atoms. The van der Waals surface area contributed by atoms with Gasteiger partial charge >= 0.3 is 0 Å². The number of nitrogens with zero attached hydrogens (tertiary/aromatic N) is 1. The highest BCUT2D eigenvalue weighted by Gasteiger charge is 2.18. The lowest BCUT2D eigenvalue weighted by molar-refractivity contribution is 0.148. The van der Waals surface area contributed by atoms with E-state index in [9.17, 15) is 0 Å². The molecule has 4 heteroatoms. The van der Waals surface area contributed by atoms with E-state index < -0.39 is 0 Å². The minimum Gasteiger partial charge on any atom is -0.383 e. The molecule has 1 N–H and O–H groups in total. The van der Waals surface area contributed by atoms with Crippen molar-refractivity contribution in [1.29, 1.82) is 0 Å². The molecule has 0 aliphatic carbocycles. The zero-order valence-corrected chi connectivity index (χ0v) is 15.5. The second kappa shape index (κ2) is 11.0. The van der Waals surface area contributed by atoms with Crippen LogP contribution in [0.25, 0.3) is 0 Å². The third-order valence-electron chi connectivity index (χ3n) is 4.26. The summed E-state index contributed by atoms with van der Waals surface area (Å²) in [6.07, 6.45) is 0. The molecule has 0 aromatic heterocycles. The van der Waals surface area contributed by atoms with Gasteiger partial charge in [-0.15, -0.1) is 0 Å². The predicted octanol–water partition coefficient (Wildman–Crippen LogP) is 2.89. The molecule has 0 spiro atoms. The fourth-order valence-corrected chi connectivity index (χ4v) is 2.87. The van der Waals surface area contributed by atoms with Crippen molar-refractivity contribution in [3.8, 4) is 0 Å². The number of hydrogen-bond acceptors (Lipinski definition) is 4. The predicted molar refractivity (Wildman–Crippen MR) is 102 cm³/mol. The van der Waals surface area contributed by atoms with Crippen LogP contribution in [0.3, 0.4) is 0 Å². The molecular formula is C21H29N2O2. The van der Waals surface area contributed by atoms with Crippen LogP contribution in [0.2, 0.25) is 0 Å². The van der Waals surface area contributed by atoms with Crippen LogP contribution in [-0.4, -0.2) is 52.5 Å². The summed E-state index contributed by atoms with van der Waals surface area (Å²) in [4.78, 5) is 2.32. The Morgan fingerprint density at radius 3 is 2.24 bits per heavy atom. The van der Waals surface area contributed by atoms with Gasteiger partial charge in [-0.05, 0) is 29.8 Å². The van der Waals surface area contributed by atoms with Crippen molar-refractivity contribution in [2.24, 2.45) is 0 Å². The summed E-state index contributed by atoms with van der Waals surface area (Å²) in [5.41, 5.74) is 3.83. The molecule has 135 valence electrons. The molecule has 2 aromatic carbocycles. The Labute approximate surface area is 151 Å².